The van der Waals surface area contributed by atoms with Crippen molar-refractivity contribution in [2.24, 2.45) is 5.92 Å². The first-order chi connectivity index (χ1) is 17.9. The largest absolute Gasteiger partial charge is 0.490 e. The van der Waals surface area contributed by atoms with Crippen molar-refractivity contribution in [3.63, 3.8) is 0 Å². The van der Waals surface area contributed by atoms with Crippen molar-refractivity contribution in [1.82, 2.24) is 0 Å². The van der Waals surface area contributed by atoms with Crippen LogP contribution in [0, 0.1) is 29.2 Å². The van der Waals surface area contributed by atoms with E-state index in [2.05, 4.69) is 13.5 Å². The minimum absolute atomic E-state index is 0.0930. The summed E-state index contributed by atoms with van der Waals surface area (Å²) in [5, 5.41) is 0. The molecule has 0 amide bonds. The summed E-state index contributed by atoms with van der Waals surface area (Å²) in [7, 11) is 0. The van der Waals surface area contributed by atoms with Crippen LogP contribution in [0.25, 0.3) is 11.1 Å². The van der Waals surface area contributed by atoms with E-state index < -0.39 is 23.3 Å². The Balaban J connectivity index is 1.40. The molecule has 1 fully saturated rings. The van der Waals surface area contributed by atoms with Gasteiger partial charge in [-0.3, -0.25) is 0 Å². The maximum absolute atomic E-state index is 14.9. The molecule has 37 heavy (non-hydrogen) atoms. The van der Waals surface area contributed by atoms with E-state index in [4.69, 9.17) is 4.74 Å². The van der Waals surface area contributed by atoms with E-state index in [1.54, 1.807) is 42.5 Å². The van der Waals surface area contributed by atoms with E-state index in [0.717, 1.165) is 37.7 Å². The van der Waals surface area contributed by atoms with Crippen LogP contribution in [0.3, 0.4) is 0 Å². The van der Waals surface area contributed by atoms with Gasteiger partial charge in [0.25, 0.3) is 0 Å². The van der Waals surface area contributed by atoms with Gasteiger partial charge >= 0.3 is 0 Å². The van der Waals surface area contributed by atoms with Gasteiger partial charge < -0.3 is 4.74 Å². The second-order valence-corrected chi connectivity index (χ2v) is 10.1. The molecule has 0 saturated heterocycles. The van der Waals surface area contributed by atoms with Gasteiger partial charge in [0.1, 0.15) is 0 Å². The van der Waals surface area contributed by atoms with Gasteiger partial charge in [-0.25, -0.2) is 13.2 Å². The van der Waals surface area contributed by atoms with Crippen LogP contribution in [-0.4, -0.2) is 6.61 Å². The van der Waals surface area contributed by atoms with Crippen LogP contribution in [0.15, 0.2) is 61.2 Å². The van der Waals surface area contributed by atoms with Gasteiger partial charge in [0.2, 0.25) is 5.82 Å². The van der Waals surface area contributed by atoms with E-state index in [0.29, 0.717) is 41.9 Å². The third-order valence-electron chi connectivity index (χ3n) is 7.45. The molecule has 0 radical (unpaired) electrons. The zero-order valence-corrected chi connectivity index (χ0v) is 21.3. The van der Waals surface area contributed by atoms with Crippen molar-refractivity contribution in [3.8, 4) is 16.9 Å². The standard InChI is InChI=1S/C32H34F4O/c1-3-4-5-20-37-28-19-18-27(31(35)32(28)36)24-13-8-22(9-14-24)10-15-25-16-17-26(30(34)29(25)33)23-11-6-21(2)7-12-23/h3,8-9,13-14,16-19,21,23H,1,4-7,10-12,15,20H2,2H3. The van der Waals surface area contributed by atoms with Crippen LogP contribution < -0.4 is 4.74 Å². The van der Waals surface area contributed by atoms with Crippen molar-refractivity contribution >= 4 is 0 Å². The molecule has 3 aromatic carbocycles. The quantitative estimate of drug-likeness (QED) is 0.150. The van der Waals surface area contributed by atoms with E-state index >= 15 is 0 Å². The van der Waals surface area contributed by atoms with Crippen molar-refractivity contribution in [2.75, 3.05) is 6.61 Å². The molecule has 0 heterocycles. The predicted octanol–water partition coefficient (Wildman–Crippen LogP) is 9.33. The second-order valence-electron chi connectivity index (χ2n) is 10.1. The zero-order valence-electron chi connectivity index (χ0n) is 21.3. The van der Waals surface area contributed by atoms with Gasteiger partial charge in [-0.1, -0.05) is 62.2 Å². The molecule has 1 saturated carbocycles. The summed E-state index contributed by atoms with van der Waals surface area (Å²) in [6.07, 6.45) is 7.92. The molecule has 1 aliphatic carbocycles. The lowest BCUT2D eigenvalue weighted by Gasteiger charge is -2.27. The lowest BCUT2D eigenvalue weighted by molar-refractivity contribution is 0.291. The van der Waals surface area contributed by atoms with E-state index in [1.807, 2.05) is 0 Å². The first kappa shape index (κ1) is 27.0. The van der Waals surface area contributed by atoms with Gasteiger partial charge in [-0.15, -0.1) is 6.58 Å². The predicted molar refractivity (Wildman–Crippen MR) is 141 cm³/mol. The van der Waals surface area contributed by atoms with Gasteiger partial charge in [-0.05, 0) is 84.7 Å². The summed E-state index contributed by atoms with van der Waals surface area (Å²) in [4.78, 5) is 0. The molecule has 0 aliphatic heterocycles. The van der Waals surface area contributed by atoms with E-state index in [-0.39, 0.29) is 23.8 Å². The number of hydrogen-bond donors (Lipinski definition) is 0. The number of aryl methyl sites for hydroxylation is 2. The minimum atomic E-state index is -1.01. The van der Waals surface area contributed by atoms with Crippen LogP contribution in [0.4, 0.5) is 17.6 Å². The van der Waals surface area contributed by atoms with Crippen molar-refractivity contribution < 1.29 is 22.3 Å². The zero-order chi connectivity index (χ0) is 26.4. The highest BCUT2D eigenvalue weighted by Gasteiger charge is 2.24. The lowest BCUT2D eigenvalue weighted by atomic mass is 9.79. The van der Waals surface area contributed by atoms with Gasteiger partial charge in [-0.2, -0.15) is 4.39 Å². The van der Waals surface area contributed by atoms with Crippen LogP contribution in [0.1, 0.15) is 68.1 Å². The third kappa shape index (κ3) is 6.44. The number of halogens is 4. The maximum Gasteiger partial charge on any atom is 0.201 e. The summed E-state index contributed by atoms with van der Waals surface area (Å²) >= 11 is 0. The van der Waals surface area contributed by atoms with Crippen LogP contribution in [0.5, 0.6) is 5.75 Å². The van der Waals surface area contributed by atoms with Crippen molar-refractivity contribution in [1.29, 1.82) is 0 Å². The average molecular weight is 511 g/mol. The Morgan fingerprint density at radius 2 is 1.54 bits per heavy atom. The second kappa shape index (κ2) is 12.4. The number of allylic oxidation sites excluding steroid dienone is 1. The minimum Gasteiger partial charge on any atom is -0.490 e. The summed E-state index contributed by atoms with van der Waals surface area (Å²) in [6, 6.07) is 13.4. The van der Waals surface area contributed by atoms with E-state index in [9.17, 15) is 17.6 Å². The Bertz CT molecular complexity index is 1210. The van der Waals surface area contributed by atoms with Gasteiger partial charge in [0, 0.05) is 5.56 Å². The topological polar surface area (TPSA) is 9.23 Å². The maximum atomic E-state index is 14.9. The molecule has 196 valence electrons. The number of unbranched alkanes of at least 4 members (excludes halogenated alkanes) is 1. The Hall–Kier alpha value is -3.08. The van der Waals surface area contributed by atoms with Crippen molar-refractivity contribution in [3.05, 3.63) is 101 Å². The normalized spacial score (nSPS) is 17.5. The Kier molecular flexibility index (Phi) is 9.07. The first-order valence-corrected chi connectivity index (χ1v) is 13.2. The molecule has 1 aliphatic rings. The number of hydrogen-bond acceptors (Lipinski definition) is 1. The SMILES string of the molecule is C=CCCCOc1ccc(-c2ccc(CCc3ccc(C4CCC(C)CC4)c(F)c3F)cc2)c(F)c1F. The lowest BCUT2D eigenvalue weighted by Crippen LogP contribution is -2.13. The summed E-state index contributed by atoms with van der Waals surface area (Å²) in [6.45, 7) is 6.11. The molecule has 3 aromatic rings. The Morgan fingerprint density at radius 1 is 0.811 bits per heavy atom. The molecular weight excluding hydrogens is 476 g/mol. The van der Waals surface area contributed by atoms with Crippen LogP contribution in [-0.2, 0) is 12.8 Å². The molecule has 0 bridgehead atoms. The molecule has 0 spiro atoms. The van der Waals surface area contributed by atoms with E-state index in [1.165, 1.54) is 12.1 Å². The molecule has 5 heteroatoms. The molecular formula is C32H34F4O. The Labute approximate surface area is 217 Å². The van der Waals surface area contributed by atoms with Crippen LogP contribution >= 0.6 is 0 Å². The fourth-order valence-corrected chi connectivity index (χ4v) is 5.09. The highest BCUT2D eigenvalue weighted by molar-refractivity contribution is 5.65. The fourth-order valence-electron chi connectivity index (χ4n) is 5.09. The number of rotatable bonds is 10. The number of ether oxygens (including phenoxy) is 1. The fraction of sp³-hybridized carbons (Fsp3) is 0.375. The van der Waals surface area contributed by atoms with Gasteiger partial charge in [0.05, 0.1) is 6.61 Å². The Morgan fingerprint density at radius 3 is 2.24 bits per heavy atom. The smallest absolute Gasteiger partial charge is 0.201 e. The average Bonchev–Trinajstić information content (AvgIpc) is 2.91. The summed E-state index contributed by atoms with van der Waals surface area (Å²) in [5.41, 5.74) is 2.42. The highest BCUT2D eigenvalue weighted by atomic mass is 19.2. The van der Waals surface area contributed by atoms with Crippen molar-refractivity contribution in [2.45, 2.75) is 64.2 Å². The summed E-state index contributed by atoms with van der Waals surface area (Å²) in [5.74, 6) is -2.80. The third-order valence-corrected chi connectivity index (χ3v) is 7.45. The van der Waals surface area contributed by atoms with Gasteiger partial charge in [0.15, 0.2) is 23.2 Å². The monoisotopic (exact) mass is 510 g/mol. The first-order valence-electron chi connectivity index (χ1n) is 13.2. The molecule has 0 unspecified atom stereocenters. The molecule has 0 atom stereocenters. The molecule has 1 nitrogen and oxygen atoms in total. The van der Waals surface area contributed by atoms with Crippen LogP contribution in [0.2, 0.25) is 0 Å². The highest BCUT2D eigenvalue weighted by Crippen LogP contribution is 2.37. The molecule has 0 aromatic heterocycles. The number of benzene rings is 3. The molecule has 4 rings (SSSR count). The molecule has 0 N–H and O–H groups in total. The summed E-state index contributed by atoms with van der Waals surface area (Å²) < 4.78 is 64.3.